The van der Waals surface area contributed by atoms with Crippen LogP contribution >= 0.6 is 11.3 Å². The standard InChI is InChI=1S/C12H17NOS/c1-8-5-9(2)13-11(6-8)12-4-3-10(7-14)15-12/h3-4,7-9,11,13H,5-6H2,1-2H3. The number of thiophene rings is 1. The van der Waals surface area contributed by atoms with Gasteiger partial charge in [0.15, 0.2) is 6.29 Å². The van der Waals surface area contributed by atoms with Gasteiger partial charge in [-0.1, -0.05) is 6.92 Å². The quantitative estimate of drug-likeness (QED) is 0.781. The molecule has 0 aliphatic carbocycles. The molecule has 0 saturated carbocycles. The lowest BCUT2D eigenvalue weighted by molar-refractivity contribution is 0.112. The van der Waals surface area contributed by atoms with E-state index in [1.807, 2.05) is 6.07 Å². The van der Waals surface area contributed by atoms with E-state index in [4.69, 9.17) is 0 Å². The molecule has 3 unspecified atom stereocenters. The molecule has 3 heteroatoms. The predicted octanol–water partition coefficient (Wildman–Crippen LogP) is 3.01. The molecular weight excluding hydrogens is 206 g/mol. The van der Waals surface area contributed by atoms with Gasteiger partial charge in [0.1, 0.15) is 0 Å². The second-order valence-corrected chi connectivity index (χ2v) is 5.70. The fourth-order valence-electron chi connectivity index (χ4n) is 2.40. The number of aldehydes is 1. The number of carbonyl (C=O) groups is 1. The van der Waals surface area contributed by atoms with Gasteiger partial charge in [-0.2, -0.15) is 0 Å². The Morgan fingerprint density at radius 3 is 2.80 bits per heavy atom. The summed E-state index contributed by atoms with van der Waals surface area (Å²) in [6.07, 6.45) is 3.37. The Bertz CT molecular complexity index is 337. The van der Waals surface area contributed by atoms with Crippen molar-refractivity contribution in [3.8, 4) is 0 Å². The minimum atomic E-state index is 0.447. The highest BCUT2D eigenvalue weighted by molar-refractivity contribution is 7.13. The van der Waals surface area contributed by atoms with E-state index in [0.717, 1.165) is 17.1 Å². The van der Waals surface area contributed by atoms with Gasteiger partial charge >= 0.3 is 0 Å². The van der Waals surface area contributed by atoms with E-state index in [1.165, 1.54) is 17.7 Å². The van der Waals surface area contributed by atoms with Crippen molar-refractivity contribution in [2.75, 3.05) is 0 Å². The molecule has 0 aromatic carbocycles. The lowest BCUT2D eigenvalue weighted by Gasteiger charge is -2.32. The molecule has 82 valence electrons. The molecule has 1 aliphatic heterocycles. The fraction of sp³-hybridized carbons (Fsp3) is 0.583. The van der Waals surface area contributed by atoms with Gasteiger partial charge in [-0.15, -0.1) is 11.3 Å². The first-order chi connectivity index (χ1) is 7.19. The van der Waals surface area contributed by atoms with Crippen molar-refractivity contribution < 1.29 is 4.79 Å². The summed E-state index contributed by atoms with van der Waals surface area (Å²) in [7, 11) is 0. The van der Waals surface area contributed by atoms with Crippen molar-refractivity contribution in [2.45, 2.75) is 38.8 Å². The van der Waals surface area contributed by atoms with Gasteiger partial charge in [-0.25, -0.2) is 0 Å². The second-order valence-electron chi connectivity index (χ2n) is 4.55. The highest BCUT2D eigenvalue weighted by Crippen LogP contribution is 2.32. The number of hydrogen-bond donors (Lipinski definition) is 1. The SMILES string of the molecule is CC1CC(C)NC(c2ccc(C=O)s2)C1. The van der Waals surface area contributed by atoms with Gasteiger partial charge in [0, 0.05) is 17.0 Å². The first-order valence-electron chi connectivity index (χ1n) is 5.50. The Morgan fingerprint density at radius 2 is 2.20 bits per heavy atom. The zero-order chi connectivity index (χ0) is 10.8. The van der Waals surface area contributed by atoms with Crippen molar-refractivity contribution in [1.82, 2.24) is 5.32 Å². The first kappa shape index (κ1) is 10.8. The van der Waals surface area contributed by atoms with E-state index in [9.17, 15) is 4.79 Å². The van der Waals surface area contributed by atoms with E-state index in [0.29, 0.717) is 12.1 Å². The Hall–Kier alpha value is -0.670. The molecule has 1 aromatic rings. The lowest BCUT2D eigenvalue weighted by atomic mass is 9.89. The number of nitrogens with one attached hydrogen (secondary N) is 1. The highest BCUT2D eigenvalue weighted by atomic mass is 32.1. The fourth-order valence-corrected chi connectivity index (χ4v) is 3.30. The van der Waals surface area contributed by atoms with Crippen LogP contribution in [0.4, 0.5) is 0 Å². The third kappa shape index (κ3) is 2.47. The van der Waals surface area contributed by atoms with Crippen LogP contribution in [0, 0.1) is 5.92 Å². The average Bonchev–Trinajstić information content (AvgIpc) is 2.64. The molecule has 0 amide bonds. The van der Waals surface area contributed by atoms with Crippen LogP contribution in [0.5, 0.6) is 0 Å². The number of hydrogen-bond acceptors (Lipinski definition) is 3. The second kappa shape index (κ2) is 4.45. The molecule has 0 bridgehead atoms. The molecule has 1 aromatic heterocycles. The smallest absolute Gasteiger partial charge is 0.160 e. The van der Waals surface area contributed by atoms with Gasteiger partial charge in [-0.3, -0.25) is 4.79 Å². The van der Waals surface area contributed by atoms with E-state index in [-0.39, 0.29) is 0 Å². The highest BCUT2D eigenvalue weighted by Gasteiger charge is 2.25. The maximum Gasteiger partial charge on any atom is 0.160 e. The summed E-state index contributed by atoms with van der Waals surface area (Å²) in [5.41, 5.74) is 0. The largest absolute Gasteiger partial charge is 0.307 e. The molecule has 1 aliphatic rings. The van der Waals surface area contributed by atoms with Crippen LogP contribution in [0.2, 0.25) is 0 Å². The molecule has 2 rings (SSSR count). The minimum absolute atomic E-state index is 0.447. The Kier molecular flexibility index (Phi) is 3.22. The Labute approximate surface area is 94.7 Å². The molecule has 0 spiro atoms. The molecule has 3 atom stereocenters. The third-order valence-corrected chi connectivity index (χ3v) is 4.11. The van der Waals surface area contributed by atoms with E-state index in [1.54, 1.807) is 11.3 Å². The van der Waals surface area contributed by atoms with E-state index in [2.05, 4.69) is 25.2 Å². The summed E-state index contributed by atoms with van der Waals surface area (Å²) in [6.45, 7) is 4.54. The maximum absolute atomic E-state index is 10.6. The van der Waals surface area contributed by atoms with Gasteiger partial charge < -0.3 is 5.32 Å². The molecule has 1 fully saturated rings. The van der Waals surface area contributed by atoms with Crippen LogP contribution in [0.1, 0.15) is 47.3 Å². The van der Waals surface area contributed by atoms with Crippen LogP contribution in [-0.4, -0.2) is 12.3 Å². The lowest BCUT2D eigenvalue weighted by Crippen LogP contribution is -2.37. The monoisotopic (exact) mass is 223 g/mol. The Balaban J connectivity index is 2.12. The maximum atomic E-state index is 10.6. The number of carbonyl (C=O) groups excluding carboxylic acids is 1. The average molecular weight is 223 g/mol. The predicted molar refractivity (Wildman–Crippen MR) is 63.4 cm³/mol. The van der Waals surface area contributed by atoms with Crippen molar-refractivity contribution in [2.24, 2.45) is 5.92 Å². The zero-order valence-electron chi connectivity index (χ0n) is 9.19. The molecule has 15 heavy (non-hydrogen) atoms. The Morgan fingerprint density at radius 1 is 1.40 bits per heavy atom. The number of piperidine rings is 1. The van der Waals surface area contributed by atoms with Gasteiger partial charge in [0.05, 0.1) is 4.88 Å². The molecule has 0 radical (unpaired) electrons. The molecule has 2 heterocycles. The van der Waals surface area contributed by atoms with Gasteiger partial charge in [-0.05, 0) is 37.8 Å². The van der Waals surface area contributed by atoms with Crippen molar-refractivity contribution in [1.29, 1.82) is 0 Å². The topological polar surface area (TPSA) is 29.1 Å². The molecule has 1 saturated heterocycles. The van der Waals surface area contributed by atoms with Gasteiger partial charge in [0.25, 0.3) is 0 Å². The van der Waals surface area contributed by atoms with Crippen molar-refractivity contribution in [3.63, 3.8) is 0 Å². The van der Waals surface area contributed by atoms with E-state index >= 15 is 0 Å². The third-order valence-electron chi connectivity index (χ3n) is 2.99. The van der Waals surface area contributed by atoms with Crippen LogP contribution in [0.3, 0.4) is 0 Å². The summed E-state index contributed by atoms with van der Waals surface area (Å²) in [6, 6.07) is 5.03. The molecule has 2 nitrogen and oxygen atoms in total. The van der Waals surface area contributed by atoms with Crippen molar-refractivity contribution >= 4 is 17.6 Å². The van der Waals surface area contributed by atoms with E-state index < -0.39 is 0 Å². The van der Waals surface area contributed by atoms with Crippen LogP contribution in [0.25, 0.3) is 0 Å². The van der Waals surface area contributed by atoms with Crippen molar-refractivity contribution in [3.05, 3.63) is 21.9 Å². The van der Waals surface area contributed by atoms with Crippen LogP contribution < -0.4 is 5.32 Å². The zero-order valence-corrected chi connectivity index (χ0v) is 10.0. The van der Waals surface area contributed by atoms with Gasteiger partial charge in [0.2, 0.25) is 0 Å². The summed E-state index contributed by atoms with van der Waals surface area (Å²) < 4.78 is 0. The first-order valence-corrected chi connectivity index (χ1v) is 6.31. The summed E-state index contributed by atoms with van der Waals surface area (Å²) in [5.74, 6) is 0.771. The summed E-state index contributed by atoms with van der Waals surface area (Å²) in [4.78, 5) is 12.8. The normalized spacial score (nSPS) is 31.5. The molecular formula is C12H17NOS. The summed E-state index contributed by atoms with van der Waals surface area (Å²) >= 11 is 1.61. The molecule has 1 N–H and O–H groups in total. The van der Waals surface area contributed by atoms with Crippen LogP contribution in [-0.2, 0) is 0 Å². The number of rotatable bonds is 2. The summed E-state index contributed by atoms with van der Waals surface area (Å²) in [5, 5.41) is 3.59. The minimum Gasteiger partial charge on any atom is -0.307 e. The van der Waals surface area contributed by atoms with Crippen LogP contribution in [0.15, 0.2) is 12.1 Å².